The van der Waals surface area contributed by atoms with E-state index in [2.05, 4.69) is 113 Å². The van der Waals surface area contributed by atoms with Gasteiger partial charge < -0.3 is 4.43 Å². The number of benzene rings is 2. The molecule has 26 heavy (non-hydrogen) atoms. The van der Waals surface area contributed by atoms with Crippen LogP contribution in [-0.2, 0) is 4.43 Å². The van der Waals surface area contributed by atoms with Crippen LogP contribution in [0.2, 0.25) is 51.9 Å². The van der Waals surface area contributed by atoms with Gasteiger partial charge in [-0.3, -0.25) is 0 Å². The highest BCUT2D eigenvalue weighted by Gasteiger charge is 2.36. The summed E-state index contributed by atoms with van der Waals surface area (Å²) in [4.78, 5) is 0. The maximum absolute atomic E-state index is 6.92. The van der Waals surface area contributed by atoms with E-state index in [9.17, 15) is 0 Å². The normalized spacial score (nSPS) is 13.6. The van der Waals surface area contributed by atoms with Gasteiger partial charge in [-0.15, -0.1) is 0 Å². The highest BCUT2D eigenvalue weighted by molar-refractivity contribution is 6.96. The average molecular weight is 399 g/mol. The summed E-state index contributed by atoms with van der Waals surface area (Å²) < 4.78 is 6.92. The first-order chi connectivity index (χ1) is 12.0. The van der Waals surface area contributed by atoms with Crippen LogP contribution >= 0.6 is 0 Å². The van der Waals surface area contributed by atoms with Crippen LogP contribution in [0.3, 0.4) is 0 Å². The number of hydrogen-bond acceptors (Lipinski definition) is 1. The summed E-state index contributed by atoms with van der Waals surface area (Å²) in [6.07, 6.45) is 2.45. The second-order valence-corrected chi connectivity index (χ2v) is 23.0. The Kier molecular flexibility index (Phi) is 6.53. The van der Waals surface area contributed by atoms with Gasteiger partial charge in [-0.1, -0.05) is 105 Å². The van der Waals surface area contributed by atoms with Gasteiger partial charge in [0.1, 0.15) is 0 Å². The molecule has 0 heterocycles. The molecule has 0 saturated heterocycles. The van der Waals surface area contributed by atoms with Crippen LogP contribution < -0.4 is 10.4 Å². The van der Waals surface area contributed by atoms with Crippen molar-refractivity contribution in [3.05, 3.63) is 72.1 Å². The standard InChI is InChI=1S/C22H34OSi3/c1-24(2,3)19-18-22(25(4,5)20-14-10-8-11-15-20)23-26(6,7)21-16-12-9-13-17-21/h8-18H,19H2,1-7H3/b22-18-. The van der Waals surface area contributed by atoms with E-state index in [1.165, 1.54) is 21.8 Å². The maximum Gasteiger partial charge on any atom is 0.275 e. The van der Waals surface area contributed by atoms with Crippen molar-refractivity contribution in [3.8, 4) is 0 Å². The lowest BCUT2D eigenvalue weighted by Gasteiger charge is -2.35. The molecule has 1 nitrogen and oxygen atoms in total. The van der Waals surface area contributed by atoms with Crippen LogP contribution in [0, 0.1) is 0 Å². The fourth-order valence-electron chi connectivity index (χ4n) is 2.99. The van der Waals surface area contributed by atoms with Crippen molar-refractivity contribution in [2.24, 2.45) is 0 Å². The molecule has 140 valence electrons. The first-order valence-corrected chi connectivity index (χ1v) is 19.1. The van der Waals surface area contributed by atoms with Crippen molar-refractivity contribution < 1.29 is 4.43 Å². The third-order valence-corrected chi connectivity index (χ3v) is 12.2. The van der Waals surface area contributed by atoms with E-state index >= 15 is 0 Å². The summed E-state index contributed by atoms with van der Waals surface area (Å²) in [5, 5.41) is 4.07. The van der Waals surface area contributed by atoms with Gasteiger partial charge in [0.15, 0.2) is 8.07 Å². The molecule has 0 unspecified atom stereocenters. The zero-order valence-electron chi connectivity index (χ0n) is 17.5. The Labute approximate surface area is 163 Å². The summed E-state index contributed by atoms with van der Waals surface area (Å²) in [6.45, 7) is 16.8. The van der Waals surface area contributed by atoms with Gasteiger partial charge in [0, 0.05) is 8.07 Å². The third-order valence-electron chi connectivity index (χ3n) is 4.85. The van der Waals surface area contributed by atoms with Gasteiger partial charge in [-0.25, -0.2) is 0 Å². The average Bonchev–Trinajstić information content (AvgIpc) is 2.59. The molecule has 0 aliphatic heterocycles. The first kappa shape index (κ1) is 20.9. The molecule has 2 rings (SSSR count). The molecule has 0 amide bonds. The highest BCUT2D eigenvalue weighted by Crippen LogP contribution is 2.24. The molecular formula is C22H34OSi3. The molecule has 2 aromatic carbocycles. The fraction of sp³-hybridized carbons (Fsp3) is 0.364. The van der Waals surface area contributed by atoms with E-state index in [1.807, 2.05) is 0 Å². The molecule has 0 fully saturated rings. The van der Waals surface area contributed by atoms with Gasteiger partial charge in [0.2, 0.25) is 0 Å². The van der Waals surface area contributed by atoms with Crippen LogP contribution in [-0.4, -0.2) is 24.5 Å². The van der Waals surface area contributed by atoms with Crippen LogP contribution in [0.1, 0.15) is 0 Å². The maximum atomic E-state index is 6.92. The number of hydrogen-bond donors (Lipinski definition) is 0. The van der Waals surface area contributed by atoms with Crippen molar-refractivity contribution in [3.63, 3.8) is 0 Å². The summed E-state index contributed by atoms with van der Waals surface area (Å²) in [5.41, 5.74) is 0. The molecule has 0 atom stereocenters. The second kappa shape index (κ2) is 8.11. The van der Waals surface area contributed by atoms with Gasteiger partial charge in [-0.05, 0) is 24.3 Å². The van der Waals surface area contributed by atoms with Crippen LogP contribution in [0.25, 0.3) is 0 Å². The Morgan fingerprint density at radius 1 is 0.731 bits per heavy atom. The highest BCUT2D eigenvalue weighted by atomic mass is 28.4. The predicted octanol–water partition coefficient (Wildman–Crippen LogP) is 5.49. The van der Waals surface area contributed by atoms with Crippen LogP contribution in [0.4, 0.5) is 0 Å². The lowest BCUT2D eigenvalue weighted by molar-refractivity contribution is 0.458. The predicted molar refractivity (Wildman–Crippen MR) is 124 cm³/mol. The number of allylic oxidation sites excluding steroid dienone is 1. The minimum absolute atomic E-state index is 1.17. The number of rotatable bonds is 7. The van der Waals surface area contributed by atoms with E-state index in [4.69, 9.17) is 4.43 Å². The lowest BCUT2D eigenvalue weighted by atomic mass is 10.4. The molecule has 0 N–H and O–H groups in total. The van der Waals surface area contributed by atoms with Crippen molar-refractivity contribution >= 4 is 34.8 Å². The third kappa shape index (κ3) is 5.56. The van der Waals surface area contributed by atoms with Crippen molar-refractivity contribution in [2.75, 3.05) is 0 Å². The monoisotopic (exact) mass is 398 g/mol. The van der Waals surface area contributed by atoms with Crippen molar-refractivity contribution in [2.45, 2.75) is 51.9 Å². The Morgan fingerprint density at radius 2 is 1.19 bits per heavy atom. The van der Waals surface area contributed by atoms with E-state index < -0.39 is 24.5 Å². The SMILES string of the molecule is C[Si](C)(C)C/C=C(/O[Si](C)(C)c1ccccc1)[Si](C)(C)c1ccccc1. The molecular weight excluding hydrogens is 364 g/mol. The van der Waals surface area contributed by atoms with E-state index in [1.54, 1.807) is 0 Å². The topological polar surface area (TPSA) is 9.23 Å². The molecule has 4 heteroatoms. The lowest BCUT2D eigenvalue weighted by Crippen LogP contribution is -2.52. The molecule has 2 aromatic rings. The smallest absolute Gasteiger partial charge is 0.275 e. The molecule has 0 aliphatic carbocycles. The molecule has 0 radical (unpaired) electrons. The minimum Gasteiger partial charge on any atom is -0.547 e. The van der Waals surface area contributed by atoms with E-state index in [0.29, 0.717) is 0 Å². The Hall–Kier alpha value is -1.37. The summed E-state index contributed by atoms with van der Waals surface area (Å²) >= 11 is 0. The molecule has 0 aromatic heterocycles. The summed E-state index contributed by atoms with van der Waals surface area (Å²) in [7, 11) is -5.03. The van der Waals surface area contributed by atoms with Crippen molar-refractivity contribution in [1.82, 2.24) is 0 Å². The molecule has 0 spiro atoms. The largest absolute Gasteiger partial charge is 0.547 e. The van der Waals surface area contributed by atoms with Crippen LogP contribution in [0.15, 0.2) is 72.1 Å². The van der Waals surface area contributed by atoms with E-state index in [-0.39, 0.29) is 0 Å². The van der Waals surface area contributed by atoms with Gasteiger partial charge >= 0.3 is 0 Å². The minimum atomic E-state index is -2.00. The quantitative estimate of drug-likeness (QED) is 0.442. The zero-order valence-corrected chi connectivity index (χ0v) is 20.5. The van der Waals surface area contributed by atoms with Crippen molar-refractivity contribution in [1.29, 1.82) is 0 Å². The van der Waals surface area contributed by atoms with Gasteiger partial charge in [0.05, 0.1) is 5.38 Å². The first-order valence-electron chi connectivity index (χ1n) is 9.53. The Balaban J connectivity index is 2.42. The summed E-state index contributed by atoms with van der Waals surface area (Å²) in [6, 6.07) is 22.9. The summed E-state index contributed by atoms with van der Waals surface area (Å²) in [5.74, 6) is 0. The Morgan fingerprint density at radius 3 is 1.65 bits per heavy atom. The van der Waals surface area contributed by atoms with Crippen LogP contribution in [0.5, 0.6) is 0 Å². The fourth-order valence-corrected chi connectivity index (χ4v) is 9.45. The van der Waals surface area contributed by atoms with Gasteiger partial charge in [0.25, 0.3) is 8.32 Å². The molecule has 0 saturated carbocycles. The molecule has 0 bridgehead atoms. The Bertz CT molecular complexity index is 729. The zero-order chi connectivity index (χ0) is 19.4. The second-order valence-electron chi connectivity index (χ2n) is 9.30. The van der Waals surface area contributed by atoms with E-state index in [0.717, 1.165) is 0 Å². The molecule has 0 aliphatic rings. The van der Waals surface area contributed by atoms with Gasteiger partial charge in [-0.2, -0.15) is 0 Å².